The zero-order valence-electron chi connectivity index (χ0n) is 14.1. The Bertz CT molecular complexity index is 543. The molecule has 3 N–H and O–H groups in total. The topological polar surface area (TPSA) is 65.0 Å². The minimum atomic E-state index is -0.670. The smallest absolute Gasteiger partial charge is 0.153 e. The summed E-state index contributed by atoms with van der Waals surface area (Å²) in [5.41, 5.74) is 1.64. The Morgan fingerprint density at radius 2 is 1.96 bits per heavy atom. The van der Waals surface area contributed by atoms with Gasteiger partial charge in [-0.15, -0.1) is 12.4 Å². The van der Waals surface area contributed by atoms with Crippen molar-refractivity contribution in [1.29, 1.82) is 0 Å². The molecular formula is C17H27ClN2O3. The first-order valence-corrected chi connectivity index (χ1v) is 7.55. The third-order valence-corrected chi connectivity index (χ3v) is 3.51. The first-order valence-electron chi connectivity index (χ1n) is 7.55. The van der Waals surface area contributed by atoms with Gasteiger partial charge in [-0.25, -0.2) is 0 Å². The van der Waals surface area contributed by atoms with E-state index >= 15 is 0 Å². The summed E-state index contributed by atoms with van der Waals surface area (Å²) in [4.78, 5) is 1.69. The SMILES string of the molecule is CN1C=C(OCC(O)CNC(C)(C)C)c2ccccc2C1O.Cl. The van der Waals surface area contributed by atoms with Gasteiger partial charge in [0.2, 0.25) is 0 Å². The van der Waals surface area contributed by atoms with Gasteiger partial charge in [-0.2, -0.15) is 0 Å². The minimum absolute atomic E-state index is 0. The second kappa shape index (κ2) is 8.02. The fraction of sp³-hybridized carbons (Fsp3) is 0.529. The summed E-state index contributed by atoms with van der Waals surface area (Å²) in [6, 6.07) is 7.59. The molecule has 0 bridgehead atoms. The highest BCUT2D eigenvalue weighted by atomic mass is 35.5. The van der Waals surface area contributed by atoms with E-state index in [4.69, 9.17) is 4.74 Å². The van der Waals surface area contributed by atoms with Gasteiger partial charge in [0.25, 0.3) is 0 Å². The maximum Gasteiger partial charge on any atom is 0.153 e. The van der Waals surface area contributed by atoms with Gasteiger partial charge >= 0.3 is 0 Å². The van der Waals surface area contributed by atoms with Crippen LogP contribution in [0.15, 0.2) is 30.5 Å². The second-order valence-electron chi connectivity index (χ2n) is 6.72. The summed E-state index contributed by atoms with van der Waals surface area (Å²) >= 11 is 0. The number of nitrogens with one attached hydrogen (secondary N) is 1. The third kappa shape index (κ3) is 5.39. The molecule has 6 heteroatoms. The molecule has 2 unspecified atom stereocenters. The molecular weight excluding hydrogens is 316 g/mol. The number of hydrogen-bond donors (Lipinski definition) is 3. The third-order valence-electron chi connectivity index (χ3n) is 3.51. The molecule has 1 aromatic rings. The monoisotopic (exact) mass is 342 g/mol. The first-order chi connectivity index (χ1) is 10.3. The van der Waals surface area contributed by atoms with Crippen LogP contribution in [0.3, 0.4) is 0 Å². The highest BCUT2D eigenvalue weighted by Crippen LogP contribution is 2.32. The number of ether oxygens (including phenoxy) is 1. The molecule has 0 amide bonds. The number of fused-ring (bicyclic) bond motifs is 1. The van der Waals surface area contributed by atoms with Crippen molar-refractivity contribution in [3.8, 4) is 0 Å². The number of benzene rings is 1. The van der Waals surface area contributed by atoms with E-state index in [9.17, 15) is 10.2 Å². The Kier molecular flexibility index (Phi) is 6.89. The Balaban J connectivity index is 0.00000264. The Morgan fingerprint density at radius 1 is 1.30 bits per heavy atom. The van der Waals surface area contributed by atoms with Crippen LogP contribution in [0.4, 0.5) is 0 Å². The van der Waals surface area contributed by atoms with Crippen molar-refractivity contribution in [3.05, 3.63) is 41.6 Å². The second-order valence-corrected chi connectivity index (χ2v) is 6.72. The van der Waals surface area contributed by atoms with Crippen LogP contribution in [0.5, 0.6) is 0 Å². The summed E-state index contributed by atoms with van der Waals surface area (Å²) in [5.74, 6) is 0.665. The molecule has 5 nitrogen and oxygen atoms in total. The lowest BCUT2D eigenvalue weighted by molar-refractivity contribution is 0.0443. The van der Waals surface area contributed by atoms with Crippen molar-refractivity contribution in [2.75, 3.05) is 20.2 Å². The van der Waals surface area contributed by atoms with E-state index in [1.807, 2.05) is 24.3 Å². The lowest BCUT2D eigenvalue weighted by Gasteiger charge is -2.31. The van der Waals surface area contributed by atoms with Crippen molar-refractivity contribution in [2.45, 2.75) is 38.6 Å². The van der Waals surface area contributed by atoms with Crippen molar-refractivity contribution >= 4 is 18.2 Å². The maximum atomic E-state index is 10.2. The Morgan fingerprint density at radius 3 is 2.61 bits per heavy atom. The fourth-order valence-corrected chi connectivity index (χ4v) is 2.27. The van der Waals surface area contributed by atoms with Gasteiger partial charge in [-0.1, -0.05) is 24.3 Å². The average Bonchev–Trinajstić information content (AvgIpc) is 2.47. The van der Waals surface area contributed by atoms with Crippen LogP contribution >= 0.6 is 12.4 Å². The van der Waals surface area contributed by atoms with Crippen LogP contribution in [0.25, 0.3) is 5.76 Å². The van der Waals surface area contributed by atoms with Crippen LogP contribution < -0.4 is 5.32 Å². The van der Waals surface area contributed by atoms with Gasteiger partial charge < -0.3 is 25.2 Å². The normalized spacial score (nSPS) is 18.6. The molecule has 1 aliphatic heterocycles. The molecule has 0 spiro atoms. The van der Waals surface area contributed by atoms with Gasteiger partial charge in [-0.05, 0) is 20.8 Å². The van der Waals surface area contributed by atoms with Gasteiger partial charge in [0.1, 0.15) is 18.5 Å². The molecule has 0 radical (unpaired) electrons. The largest absolute Gasteiger partial charge is 0.489 e. The van der Waals surface area contributed by atoms with Crippen LogP contribution in [-0.4, -0.2) is 47.0 Å². The number of nitrogens with zero attached hydrogens (tertiary/aromatic N) is 1. The van der Waals surface area contributed by atoms with Gasteiger partial charge in [0, 0.05) is 36.5 Å². The number of aliphatic hydroxyl groups excluding tert-OH is 2. The fourth-order valence-electron chi connectivity index (χ4n) is 2.27. The lowest BCUT2D eigenvalue weighted by atomic mass is 10.0. The molecule has 0 saturated heterocycles. The minimum Gasteiger partial charge on any atom is -0.489 e. The molecule has 130 valence electrons. The molecule has 0 saturated carbocycles. The zero-order valence-corrected chi connectivity index (χ0v) is 14.9. The van der Waals surface area contributed by atoms with E-state index in [1.165, 1.54) is 0 Å². The molecule has 2 atom stereocenters. The van der Waals surface area contributed by atoms with E-state index in [-0.39, 0.29) is 24.6 Å². The van der Waals surface area contributed by atoms with E-state index in [0.717, 1.165) is 11.1 Å². The number of β-amino-alcohol motifs (C(OH)–C–C–N with tert-alkyl or cyclic N) is 1. The van der Waals surface area contributed by atoms with Gasteiger partial charge in [0.05, 0.1) is 0 Å². The molecule has 1 aliphatic rings. The predicted molar refractivity (Wildman–Crippen MR) is 94.1 cm³/mol. The summed E-state index contributed by atoms with van der Waals surface area (Å²) in [6.45, 7) is 6.83. The van der Waals surface area contributed by atoms with Gasteiger partial charge in [-0.3, -0.25) is 0 Å². The van der Waals surface area contributed by atoms with E-state index in [1.54, 1.807) is 18.1 Å². The first kappa shape index (κ1) is 19.8. The van der Waals surface area contributed by atoms with Crippen molar-refractivity contribution in [2.24, 2.45) is 0 Å². The number of aliphatic hydroxyl groups is 2. The summed E-state index contributed by atoms with van der Waals surface area (Å²) in [5, 5.41) is 23.4. The standard InChI is InChI=1S/C17H26N2O3.ClH/c1-17(2,3)18-9-12(20)11-22-15-10-19(4)16(21)14-8-6-5-7-13(14)15;/h5-8,10,12,16,18,20-21H,9,11H2,1-4H3;1H. The van der Waals surface area contributed by atoms with E-state index < -0.39 is 12.3 Å². The van der Waals surface area contributed by atoms with Crippen molar-refractivity contribution < 1.29 is 14.9 Å². The molecule has 0 fully saturated rings. The van der Waals surface area contributed by atoms with Crippen LogP contribution in [0, 0.1) is 0 Å². The zero-order chi connectivity index (χ0) is 16.3. The highest BCUT2D eigenvalue weighted by Gasteiger charge is 2.24. The van der Waals surface area contributed by atoms with Crippen LogP contribution in [0.1, 0.15) is 38.1 Å². The lowest BCUT2D eigenvalue weighted by Crippen LogP contribution is -2.42. The van der Waals surface area contributed by atoms with Crippen molar-refractivity contribution in [3.63, 3.8) is 0 Å². The molecule has 0 aliphatic carbocycles. The van der Waals surface area contributed by atoms with Crippen molar-refractivity contribution in [1.82, 2.24) is 10.2 Å². The number of halogens is 1. The summed E-state index contributed by atoms with van der Waals surface area (Å²) in [7, 11) is 1.79. The Hall–Kier alpha value is -1.27. The molecule has 23 heavy (non-hydrogen) atoms. The molecule has 1 heterocycles. The molecule has 1 aromatic carbocycles. The molecule has 2 rings (SSSR count). The summed E-state index contributed by atoms with van der Waals surface area (Å²) in [6.07, 6.45) is 0.497. The highest BCUT2D eigenvalue weighted by molar-refractivity contribution is 5.85. The van der Waals surface area contributed by atoms with Gasteiger partial charge in [0.15, 0.2) is 6.23 Å². The average molecular weight is 343 g/mol. The van der Waals surface area contributed by atoms with Crippen LogP contribution in [-0.2, 0) is 4.74 Å². The Labute approximate surface area is 144 Å². The number of hydrogen-bond acceptors (Lipinski definition) is 5. The van der Waals surface area contributed by atoms with Crippen LogP contribution in [0.2, 0.25) is 0 Å². The summed E-state index contributed by atoms with van der Waals surface area (Å²) < 4.78 is 5.77. The maximum absolute atomic E-state index is 10.2. The van der Waals surface area contributed by atoms with E-state index in [2.05, 4.69) is 26.1 Å². The molecule has 0 aromatic heterocycles. The predicted octanol–water partition coefficient (Wildman–Crippen LogP) is 2.11. The quantitative estimate of drug-likeness (QED) is 0.765. The van der Waals surface area contributed by atoms with E-state index in [0.29, 0.717) is 12.3 Å². The number of rotatable bonds is 5.